The highest BCUT2D eigenvalue weighted by Gasteiger charge is 2.19. The van der Waals surface area contributed by atoms with Crippen LogP contribution >= 0.6 is 35.5 Å². The predicted molar refractivity (Wildman–Crippen MR) is 141 cm³/mol. The van der Waals surface area contributed by atoms with Gasteiger partial charge in [-0.25, -0.2) is 4.98 Å². The van der Waals surface area contributed by atoms with Gasteiger partial charge in [-0.1, -0.05) is 37.3 Å². The molecule has 0 radical (unpaired) electrons. The number of halogens is 1. The van der Waals surface area contributed by atoms with Gasteiger partial charge in [0.2, 0.25) is 0 Å². The van der Waals surface area contributed by atoms with Gasteiger partial charge in [0.15, 0.2) is 5.13 Å². The Bertz CT molecular complexity index is 1130. The topological polar surface area (TPSA) is 79.6 Å². The van der Waals surface area contributed by atoms with E-state index in [1.807, 2.05) is 18.4 Å². The van der Waals surface area contributed by atoms with Crippen LogP contribution in [0.25, 0.3) is 16.3 Å². The maximum Gasteiger partial charge on any atom is 0.270 e. The molecule has 1 aromatic heterocycles. The molecule has 0 aliphatic carbocycles. The number of carbonyl (C=O) groups excluding carboxylic acids is 1. The van der Waals surface area contributed by atoms with Crippen molar-refractivity contribution in [3.8, 4) is 0 Å². The van der Waals surface area contributed by atoms with E-state index in [1.165, 1.54) is 29.5 Å². The van der Waals surface area contributed by atoms with Crippen LogP contribution in [-0.2, 0) is 4.79 Å². The van der Waals surface area contributed by atoms with Crippen LogP contribution in [0, 0.1) is 10.1 Å². The summed E-state index contributed by atoms with van der Waals surface area (Å²) in [4.78, 5) is 33.5. The van der Waals surface area contributed by atoms with Crippen molar-refractivity contribution in [2.45, 2.75) is 18.7 Å². The second kappa shape index (κ2) is 12.7. The lowest BCUT2D eigenvalue weighted by atomic mass is 10.2. The molecule has 176 valence electrons. The minimum atomic E-state index is -0.445. The number of nitro groups is 1. The van der Waals surface area contributed by atoms with E-state index in [-0.39, 0.29) is 24.0 Å². The average Bonchev–Trinajstić information content (AvgIpc) is 3.23. The number of rotatable bonds is 10. The van der Waals surface area contributed by atoms with Crippen LogP contribution in [-0.4, -0.2) is 53.1 Å². The van der Waals surface area contributed by atoms with Crippen LogP contribution in [0.1, 0.15) is 19.4 Å². The van der Waals surface area contributed by atoms with Gasteiger partial charge >= 0.3 is 0 Å². The first-order chi connectivity index (χ1) is 15.4. The molecule has 0 unspecified atom stereocenters. The molecular weight excluding hydrogens is 480 g/mol. The number of hydrogen-bond acceptors (Lipinski definition) is 7. The summed E-state index contributed by atoms with van der Waals surface area (Å²) in [7, 11) is 0. The van der Waals surface area contributed by atoms with Crippen molar-refractivity contribution < 1.29 is 9.72 Å². The van der Waals surface area contributed by atoms with E-state index in [1.54, 1.807) is 34.9 Å². The number of carbonyl (C=O) groups is 1. The summed E-state index contributed by atoms with van der Waals surface area (Å²) in [6.45, 7) is 7.24. The largest absolute Gasteiger partial charge is 0.302 e. The number of nitrogens with zero attached hydrogens (tertiary/aromatic N) is 4. The van der Waals surface area contributed by atoms with Crippen molar-refractivity contribution in [2.75, 3.05) is 37.3 Å². The van der Waals surface area contributed by atoms with Crippen LogP contribution in [0.4, 0.5) is 10.8 Å². The molecule has 0 saturated carbocycles. The van der Waals surface area contributed by atoms with Crippen molar-refractivity contribution in [1.82, 2.24) is 9.88 Å². The molecule has 0 N–H and O–H groups in total. The minimum absolute atomic E-state index is 0. The van der Waals surface area contributed by atoms with Crippen LogP contribution in [0.5, 0.6) is 0 Å². The number of hydrogen-bond donors (Lipinski definition) is 0. The molecule has 0 spiro atoms. The fourth-order valence-electron chi connectivity index (χ4n) is 3.22. The van der Waals surface area contributed by atoms with E-state index in [0.29, 0.717) is 17.2 Å². The van der Waals surface area contributed by atoms with E-state index < -0.39 is 4.92 Å². The van der Waals surface area contributed by atoms with Crippen molar-refractivity contribution in [1.29, 1.82) is 0 Å². The van der Waals surface area contributed by atoms with Crippen LogP contribution in [0.15, 0.2) is 53.4 Å². The molecule has 1 amide bonds. The maximum absolute atomic E-state index is 13.2. The highest BCUT2D eigenvalue weighted by molar-refractivity contribution is 7.98. The van der Waals surface area contributed by atoms with Gasteiger partial charge in [-0.15, -0.1) is 24.2 Å². The number of nitro benzene ring substituents is 1. The third kappa shape index (κ3) is 7.01. The molecule has 0 atom stereocenters. The zero-order chi connectivity index (χ0) is 23.1. The fraction of sp³-hybridized carbons (Fsp3) is 0.304. The number of amides is 1. The van der Waals surface area contributed by atoms with Gasteiger partial charge in [-0.05, 0) is 49.2 Å². The standard InChI is InChI=1S/C23H26N4O3S2.ClH/c1-4-25(5-2)13-14-26(23-24-20-11-10-19(31-3)16-21(20)32-23)22(28)12-9-17-7-6-8-18(15-17)27(29)30;/h6-12,15-16H,4-5,13-14H2,1-3H3;1H. The molecule has 3 aromatic rings. The summed E-state index contributed by atoms with van der Waals surface area (Å²) < 4.78 is 1.04. The van der Waals surface area contributed by atoms with Crippen molar-refractivity contribution in [3.05, 3.63) is 64.2 Å². The predicted octanol–water partition coefficient (Wildman–Crippen LogP) is 5.74. The van der Waals surface area contributed by atoms with Gasteiger partial charge in [0.25, 0.3) is 11.6 Å². The highest BCUT2D eigenvalue weighted by atomic mass is 35.5. The molecule has 10 heteroatoms. The molecule has 3 rings (SSSR count). The Morgan fingerprint density at radius 3 is 2.61 bits per heavy atom. The summed E-state index contributed by atoms with van der Waals surface area (Å²) in [5, 5.41) is 11.7. The molecule has 33 heavy (non-hydrogen) atoms. The number of anilines is 1. The highest BCUT2D eigenvalue weighted by Crippen LogP contribution is 2.32. The number of likely N-dealkylation sites (N-methyl/N-ethyl adjacent to an activating group) is 1. The first kappa shape index (κ1) is 26.8. The normalized spacial score (nSPS) is 11.2. The summed E-state index contributed by atoms with van der Waals surface area (Å²) in [5.74, 6) is -0.201. The Morgan fingerprint density at radius 2 is 1.94 bits per heavy atom. The SMILES string of the molecule is CCN(CC)CCN(C(=O)C=Cc1cccc([N+](=O)[O-])c1)c1nc2ccc(SC)cc2s1.Cl. The molecule has 0 aliphatic rings. The molecule has 0 bridgehead atoms. The molecule has 1 heterocycles. The van der Waals surface area contributed by atoms with Gasteiger partial charge in [-0.2, -0.15) is 0 Å². The monoisotopic (exact) mass is 506 g/mol. The number of non-ortho nitro benzene ring substituents is 1. The van der Waals surface area contributed by atoms with Crippen LogP contribution in [0.2, 0.25) is 0 Å². The first-order valence-corrected chi connectivity index (χ1v) is 12.4. The smallest absolute Gasteiger partial charge is 0.270 e. The number of benzene rings is 2. The van der Waals surface area contributed by atoms with E-state index in [4.69, 9.17) is 4.98 Å². The van der Waals surface area contributed by atoms with Crippen molar-refractivity contribution in [3.63, 3.8) is 0 Å². The van der Waals surface area contributed by atoms with Gasteiger partial charge in [0.05, 0.1) is 15.1 Å². The number of thioether (sulfide) groups is 1. The Hall–Kier alpha value is -2.46. The van der Waals surface area contributed by atoms with Crippen molar-refractivity contribution >= 4 is 68.5 Å². The average molecular weight is 507 g/mol. The third-order valence-corrected chi connectivity index (χ3v) is 6.88. The fourth-order valence-corrected chi connectivity index (χ4v) is 4.77. The Morgan fingerprint density at radius 1 is 1.18 bits per heavy atom. The molecule has 0 aliphatic heterocycles. The molecule has 0 saturated heterocycles. The number of aromatic nitrogens is 1. The van der Waals surface area contributed by atoms with Gasteiger partial charge < -0.3 is 4.90 Å². The van der Waals surface area contributed by atoms with E-state index in [2.05, 4.69) is 24.8 Å². The Labute approximate surface area is 208 Å². The molecular formula is C23H27ClN4O3S2. The lowest BCUT2D eigenvalue weighted by molar-refractivity contribution is -0.384. The Balaban J connectivity index is 0.00000385. The van der Waals surface area contributed by atoms with Crippen molar-refractivity contribution in [2.24, 2.45) is 0 Å². The maximum atomic E-state index is 13.2. The van der Waals surface area contributed by atoms with Gasteiger partial charge in [-0.3, -0.25) is 19.8 Å². The molecule has 7 nitrogen and oxygen atoms in total. The van der Waals surface area contributed by atoms with Crippen LogP contribution < -0.4 is 4.90 Å². The van der Waals surface area contributed by atoms with E-state index >= 15 is 0 Å². The summed E-state index contributed by atoms with van der Waals surface area (Å²) in [6, 6.07) is 12.3. The van der Waals surface area contributed by atoms with Gasteiger partial charge in [0.1, 0.15) is 0 Å². The second-order valence-electron chi connectivity index (χ2n) is 7.03. The summed E-state index contributed by atoms with van der Waals surface area (Å²) >= 11 is 3.17. The zero-order valence-corrected chi connectivity index (χ0v) is 21.2. The minimum Gasteiger partial charge on any atom is -0.302 e. The van der Waals surface area contributed by atoms with E-state index in [0.717, 1.165) is 34.7 Å². The number of thiazole rings is 1. The lowest BCUT2D eigenvalue weighted by Gasteiger charge is -2.23. The number of fused-ring (bicyclic) bond motifs is 1. The molecule has 2 aromatic carbocycles. The lowest BCUT2D eigenvalue weighted by Crippen LogP contribution is -2.38. The van der Waals surface area contributed by atoms with Gasteiger partial charge in [0, 0.05) is 36.2 Å². The summed E-state index contributed by atoms with van der Waals surface area (Å²) in [6.07, 6.45) is 5.10. The Kier molecular flexibility index (Phi) is 10.3. The molecule has 0 fully saturated rings. The zero-order valence-electron chi connectivity index (χ0n) is 18.8. The summed E-state index contributed by atoms with van der Waals surface area (Å²) in [5.41, 5.74) is 1.46. The quantitative estimate of drug-likeness (QED) is 0.151. The second-order valence-corrected chi connectivity index (χ2v) is 8.92. The third-order valence-electron chi connectivity index (χ3n) is 5.11. The first-order valence-electron chi connectivity index (χ1n) is 10.4. The van der Waals surface area contributed by atoms with E-state index in [9.17, 15) is 14.9 Å². The van der Waals surface area contributed by atoms with Crippen LogP contribution in [0.3, 0.4) is 0 Å².